The average Bonchev–Trinajstić information content (AvgIpc) is 2.82. The Morgan fingerprint density at radius 1 is 1.52 bits per heavy atom. The largest absolute Gasteiger partial charge is 0.326 e. The van der Waals surface area contributed by atoms with Crippen LogP contribution in [0.3, 0.4) is 0 Å². The van der Waals surface area contributed by atoms with Gasteiger partial charge in [0.1, 0.15) is 11.9 Å². The van der Waals surface area contributed by atoms with Gasteiger partial charge in [0.05, 0.1) is 11.6 Å². The Hall–Kier alpha value is -1.96. The van der Waals surface area contributed by atoms with Crippen LogP contribution in [-0.4, -0.2) is 49.4 Å². The summed E-state index contributed by atoms with van der Waals surface area (Å²) in [6, 6.07) is 2.38. The van der Waals surface area contributed by atoms with Gasteiger partial charge in [-0.2, -0.15) is 0 Å². The van der Waals surface area contributed by atoms with E-state index in [-0.39, 0.29) is 11.6 Å². The van der Waals surface area contributed by atoms with Crippen molar-refractivity contribution in [3.63, 3.8) is 0 Å². The highest BCUT2D eigenvalue weighted by Gasteiger charge is 2.34. The van der Waals surface area contributed by atoms with Gasteiger partial charge in [0.15, 0.2) is 0 Å². The lowest BCUT2D eigenvalue weighted by atomic mass is 10.2. The van der Waals surface area contributed by atoms with Crippen LogP contribution in [0.5, 0.6) is 0 Å². The second-order valence-electron chi connectivity index (χ2n) is 5.15. The molecule has 0 unspecified atom stereocenters. The molecule has 3 amide bonds. The Balaban J connectivity index is 2.01. The van der Waals surface area contributed by atoms with E-state index in [1.165, 1.54) is 24.1 Å². The third-order valence-corrected chi connectivity index (χ3v) is 3.78. The summed E-state index contributed by atoms with van der Waals surface area (Å²) >= 11 is 5.60. The van der Waals surface area contributed by atoms with Crippen LogP contribution in [-0.2, 0) is 4.79 Å². The molecule has 5 nitrogen and oxygen atoms in total. The second-order valence-corrected chi connectivity index (χ2v) is 5.56. The van der Waals surface area contributed by atoms with Crippen molar-refractivity contribution in [2.24, 2.45) is 0 Å². The molecule has 0 aliphatic carbocycles. The number of nitrogens with zero attached hydrogens (tertiary/aromatic N) is 2. The van der Waals surface area contributed by atoms with Gasteiger partial charge < -0.3 is 15.1 Å². The molecular weight excluding hydrogens is 335 g/mol. The topological polar surface area (TPSA) is 52.7 Å². The SMILES string of the molecule is CN(CC(F)F)C(=O)N[C@H]1CCN(c2ccc(Cl)c(F)c2)C1=O. The van der Waals surface area contributed by atoms with Crippen LogP contribution in [0.15, 0.2) is 18.2 Å². The van der Waals surface area contributed by atoms with Gasteiger partial charge in [-0.3, -0.25) is 4.79 Å². The smallest absolute Gasteiger partial charge is 0.317 e. The molecule has 1 heterocycles. The normalized spacial score (nSPS) is 17.7. The van der Waals surface area contributed by atoms with Crippen LogP contribution in [0.1, 0.15) is 6.42 Å². The highest BCUT2D eigenvalue weighted by atomic mass is 35.5. The summed E-state index contributed by atoms with van der Waals surface area (Å²) in [4.78, 5) is 26.2. The van der Waals surface area contributed by atoms with Gasteiger partial charge in [-0.25, -0.2) is 18.0 Å². The van der Waals surface area contributed by atoms with E-state index in [0.717, 1.165) is 11.0 Å². The Kier molecular flexibility index (Phi) is 5.35. The molecule has 0 saturated carbocycles. The zero-order valence-corrected chi connectivity index (χ0v) is 13.0. The van der Waals surface area contributed by atoms with Gasteiger partial charge in [-0.05, 0) is 24.6 Å². The van der Waals surface area contributed by atoms with E-state index >= 15 is 0 Å². The molecule has 0 radical (unpaired) electrons. The first-order valence-corrected chi connectivity index (χ1v) is 7.23. The molecule has 126 valence electrons. The number of amides is 3. The standard InChI is InChI=1S/C14H15ClF3N3O2/c1-20(7-12(17)18)14(23)19-11-4-5-21(13(11)22)8-2-3-9(15)10(16)6-8/h2-3,6,11-12H,4-5,7H2,1H3,(H,19,23)/t11-/m0/s1. The highest BCUT2D eigenvalue weighted by Crippen LogP contribution is 2.25. The van der Waals surface area contributed by atoms with Crippen molar-refractivity contribution in [3.8, 4) is 0 Å². The molecule has 1 N–H and O–H groups in total. The maximum Gasteiger partial charge on any atom is 0.317 e. The summed E-state index contributed by atoms with van der Waals surface area (Å²) in [7, 11) is 1.22. The van der Waals surface area contributed by atoms with Crippen LogP contribution >= 0.6 is 11.6 Å². The quantitative estimate of drug-likeness (QED) is 0.908. The van der Waals surface area contributed by atoms with E-state index in [4.69, 9.17) is 11.6 Å². The summed E-state index contributed by atoms with van der Waals surface area (Å²) in [6.07, 6.45) is -2.35. The first-order valence-electron chi connectivity index (χ1n) is 6.86. The number of carbonyl (C=O) groups is 2. The molecule has 1 atom stereocenters. The summed E-state index contributed by atoms with van der Waals surface area (Å²) in [6.45, 7) is -0.442. The van der Waals surface area contributed by atoms with Crippen LogP contribution in [0.4, 0.5) is 23.7 Å². The lowest BCUT2D eigenvalue weighted by molar-refractivity contribution is -0.118. The zero-order valence-electron chi connectivity index (χ0n) is 12.2. The van der Waals surface area contributed by atoms with Crippen molar-refractivity contribution in [2.45, 2.75) is 18.9 Å². The second kappa shape index (κ2) is 7.08. The number of alkyl halides is 2. The minimum atomic E-state index is -2.65. The molecule has 0 bridgehead atoms. The van der Waals surface area contributed by atoms with Gasteiger partial charge in [0, 0.05) is 19.3 Å². The van der Waals surface area contributed by atoms with E-state index < -0.39 is 36.8 Å². The summed E-state index contributed by atoms with van der Waals surface area (Å²) < 4.78 is 38.0. The predicted octanol–water partition coefficient (Wildman–Crippen LogP) is 2.49. The number of rotatable bonds is 4. The van der Waals surface area contributed by atoms with Crippen molar-refractivity contribution in [1.82, 2.24) is 10.2 Å². The Bertz CT molecular complexity index is 615. The number of anilines is 1. The fraction of sp³-hybridized carbons (Fsp3) is 0.429. The van der Waals surface area contributed by atoms with Crippen LogP contribution in [0.25, 0.3) is 0 Å². The minimum Gasteiger partial charge on any atom is -0.326 e. The number of nitrogens with one attached hydrogen (secondary N) is 1. The number of hydrogen-bond acceptors (Lipinski definition) is 2. The fourth-order valence-corrected chi connectivity index (χ4v) is 2.39. The van der Waals surface area contributed by atoms with E-state index in [1.54, 1.807) is 0 Å². The van der Waals surface area contributed by atoms with E-state index in [2.05, 4.69) is 5.32 Å². The van der Waals surface area contributed by atoms with Crippen molar-refractivity contribution in [2.75, 3.05) is 25.0 Å². The molecule has 0 spiro atoms. The fourth-order valence-electron chi connectivity index (χ4n) is 2.27. The van der Waals surface area contributed by atoms with Gasteiger partial charge in [-0.1, -0.05) is 11.6 Å². The highest BCUT2D eigenvalue weighted by molar-refractivity contribution is 6.30. The zero-order chi connectivity index (χ0) is 17.1. The molecule has 9 heteroatoms. The third-order valence-electron chi connectivity index (χ3n) is 3.48. The number of carbonyl (C=O) groups excluding carboxylic acids is 2. The van der Waals surface area contributed by atoms with E-state index in [0.29, 0.717) is 12.1 Å². The molecule has 1 aliphatic heterocycles. The molecule has 1 aromatic rings. The summed E-state index contributed by atoms with van der Waals surface area (Å²) in [5.41, 5.74) is 0.328. The van der Waals surface area contributed by atoms with Crippen LogP contribution < -0.4 is 10.2 Å². The Morgan fingerprint density at radius 3 is 2.83 bits per heavy atom. The predicted molar refractivity (Wildman–Crippen MR) is 79.3 cm³/mol. The van der Waals surface area contributed by atoms with Gasteiger partial charge in [-0.15, -0.1) is 0 Å². The minimum absolute atomic E-state index is 0.0566. The van der Waals surface area contributed by atoms with E-state index in [9.17, 15) is 22.8 Å². The van der Waals surface area contributed by atoms with E-state index in [1.807, 2.05) is 0 Å². The first kappa shape index (κ1) is 17.4. The van der Waals surface area contributed by atoms with Crippen molar-refractivity contribution >= 4 is 29.2 Å². The van der Waals surface area contributed by atoms with Gasteiger partial charge in [0.25, 0.3) is 6.43 Å². The first-order chi connectivity index (χ1) is 10.8. The number of benzene rings is 1. The summed E-state index contributed by atoms with van der Waals surface area (Å²) in [5, 5.41) is 2.35. The monoisotopic (exact) mass is 349 g/mol. The Morgan fingerprint density at radius 2 is 2.22 bits per heavy atom. The molecule has 1 aromatic carbocycles. The molecule has 0 aromatic heterocycles. The summed E-state index contributed by atoms with van der Waals surface area (Å²) in [5.74, 6) is -1.08. The number of hydrogen-bond donors (Lipinski definition) is 1. The van der Waals surface area contributed by atoms with Crippen LogP contribution in [0.2, 0.25) is 5.02 Å². The van der Waals surface area contributed by atoms with Crippen molar-refractivity contribution in [3.05, 3.63) is 29.0 Å². The molecule has 1 aliphatic rings. The molecule has 23 heavy (non-hydrogen) atoms. The molecular formula is C14H15ClF3N3O2. The van der Waals surface area contributed by atoms with Crippen molar-refractivity contribution in [1.29, 1.82) is 0 Å². The van der Waals surface area contributed by atoms with Crippen molar-refractivity contribution < 1.29 is 22.8 Å². The number of urea groups is 1. The lowest BCUT2D eigenvalue weighted by Gasteiger charge is -2.21. The Labute approximate surface area is 136 Å². The van der Waals surface area contributed by atoms with Gasteiger partial charge in [0.2, 0.25) is 5.91 Å². The lowest BCUT2D eigenvalue weighted by Crippen LogP contribution is -2.47. The number of halogens is 4. The van der Waals surface area contributed by atoms with Gasteiger partial charge >= 0.3 is 6.03 Å². The molecule has 2 rings (SSSR count). The van der Waals surface area contributed by atoms with Crippen LogP contribution in [0, 0.1) is 5.82 Å². The maximum atomic E-state index is 13.5. The molecule has 1 saturated heterocycles. The average molecular weight is 350 g/mol. The maximum absolute atomic E-state index is 13.5. The molecule has 1 fully saturated rings. The third kappa shape index (κ3) is 4.07.